The molecule has 0 spiro atoms. The second-order valence-corrected chi connectivity index (χ2v) is 6.13. The number of benzene rings is 1. The molecule has 0 saturated carbocycles. The number of aromatic nitrogens is 2. The van der Waals surface area contributed by atoms with E-state index in [0.717, 1.165) is 23.4 Å². The molecule has 0 saturated heterocycles. The smallest absolute Gasteiger partial charge is 0.135 e. The second kappa shape index (κ2) is 10.5. The van der Waals surface area contributed by atoms with Crippen molar-refractivity contribution in [2.24, 2.45) is 12.0 Å². The Morgan fingerprint density at radius 1 is 1.08 bits per heavy atom. The summed E-state index contributed by atoms with van der Waals surface area (Å²) in [5, 5.41) is 4.11. The number of hydrogen-bond donors (Lipinski definition) is 0. The van der Waals surface area contributed by atoms with Crippen LogP contribution in [0.15, 0.2) is 29.5 Å². The molecular formula is C20H29N3O3. The lowest BCUT2D eigenvalue weighted by Crippen LogP contribution is -2.01. The van der Waals surface area contributed by atoms with E-state index in [4.69, 9.17) is 14.2 Å². The fourth-order valence-corrected chi connectivity index (χ4v) is 2.64. The van der Waals surface area contributed by atoms with E-state index in [1.807, 2.05) is 25.4 Å². The van der Waals surface area contributed by atoms with Crippen molar-refractivity contribution in [2.45, 2.75) is 39.0 Å². The van der Waals surface area contributed by atoms with Crippen LogP contribution in [0.4, 0.5) is 5.69 Å². The maximum Gasteiger partial charge on any atom is 0.135 e. The molecule has 0 fully saturated rings. The molecule has 0 aliphatic heterocycles. The van der Waals surface area contributed by atoms with Crippen molar-refractivity contribution in [3.8, 4) is 17.2 Å². The number of ether oxygens (including phenoxy) is 3. The maximum absolute atomic E-state index is 5.87. The Bertz CT molecular complexity index is 685. The average Bonchev–Trinajstić information content (AvgIpc) is 3.07. The van der Waals surface area contributed by atoms with E-state index in [2.05, 4.69) is 17.0 Å². The third kappa shape index (κ3) is 5.79. The van der Waals surface area contributed by atoms with Crippen molar-refractivity contribution in [3.05, 3.63) is 30.1 Å². The summed E-state index contributed by atoms with van der Waals surface area (Å²) in [6.45, 7) is 2.91. The van der Waals surface area contributed by atoms with Crippen LogP contribution in [0.1, 0.15) is 44.6 Å². The van der Waals surface area contributed by atoms with Crippen molar-refractivity contribution in [1.82, 2.24) is 9.78 Å². The summed E-state index contributed by atoms with van der Waals surface area (Å²) in [5.41, 5.74) is 1.54. The predicted molar refractivity (Wildman–Crippen MR) is 104 cm³/mol. The quantitative estimate of drug-likeness (QED) is 0.437. The molecule has 6 nitrogen and oxygen atoms in total. The highest BCUT2D eigenvalue weighted by atomic mass is 16.5. The highest BCUT2D eigenvalue weighted by molar-refractivity contribution is 5.89. The van der Waals surface area contributed by atoms with Crippen LogP contribution >= 0.6 is 0 Å². The fraction of sp³-hybridized carbons (Fsp3) is 0.500. The van der Waals surface area contributed by atoms with Gasteiger partial charge in [0.05, 0.1) is 38.8 Å². The van der Waals surface area contributed by atoms with Crippen LogP contribution in [-0.4, -0.2) is 36.8 Å². The number of methoxy groups -OCH3 is 2. The third-order valence-corrected chi connectivity index (χ3v) is 4.07. The predicted octanol–water partition coefficient (Wildman–Crippen LogP) is 4.54. The molecule has 0 bridgehead atoms. The van der Waals surface area contributed by atoms with Crippen LogP contribution in [0.25, 0.3) is 0 Å². The first-order valence-corrected chi connectivity index (χ1v) is 9.09. The van der Waals surface area contributed by atoms with Crippen molar-refractivity contribution in [1.29, 1.82) is 0 Å². The molecule has 0 aliphatic rings. The highest BCUT2D eigenvalue weighted by Gasteiger charge is 2.12. The monoisotopic (exact) mass is 359 g/mol. The maximum atomic E-state index is 5.87. The number of hydrogen-bond acceptors (Lipinski definition) is 5. The van der Waals surface area contributed by atoms with Crippen molar-refractivity contribution >= 4 is 11.9 Å². The summed E-state index contributed by atoms with van der Waals surface area (Å²) >= 11 is 0. The zero-order chi connectivity index (χ0) is 18.8. The highest BCUT2D eigenvalue weighted by Crippen LogP contribution is 2.33. The Morgan fingerprint density at radius 3 is 2.35 bits per heavy atom. The first kappa shape index (κ1) is 19.8. The lowest BCUT2D eigenvalue weighted by Gasteiger charge is -2.13. The average molecular weight is 359 g/mol. The Morgan fingerprint density at radius 2 is 1.77 bits per heavy atom. The van der Waals surface area contributed by atoms with Crippen LogP contribution in [0.2, 0.25) is 0 Å². The number of aryl methyl sites for hydroxylation is 1. The van der Waals surface area contributed by atoms with E-state index in [-0.39, 0.29) is 0 Å². The first-order chi connectivity index (χ1) is 12.7. The van der Waals surface area contributed by atoms with Gasteiger partial charge < -0.3 is 14.2 Å². The minimum atomic E-state index is 0.665. The molecule has 0 unspecified atom stereocenters. The molecule has 0 aliphatic carbocycles. The van der Waals surface area contributed by atoms with Crippen LogP contribution in [-0.2, 0) is 7.05 Å². The first-order valence-electron chi connectivity index (χ1n) is 9.09. The largest absolute Gasteiger partial charge is 0.496 e. The van der Waals surface area contributed by atoms with Crippen LogP contribution < -0.4 is 14.2 Å². The van der Waals surface area contributed by atoms with Crippen molar-refractivity contribution in [3.63, 3.8) is 0 Å². The van der Waals surface area contributed by atoms with Crippen LogP contribution in [0, 0.1) is 0 Å². The lowest BCUT2D eigenvalue weighted by atomic mass is 10.1. The molecule has 6 heteroatoms. The van der Waals surface area contributed by atoms with Crippen LogP contribution in [0.3, 0.4) is 0 Å². The summed E-state index contributed by atoms with van der Waals surface area (Å²) in [7, 11) is 5.12. The molecule has 2 rings (SSSR count). The molecule has 0 atom stereocenters. The van der Waals surface area contributed by atoms with Gasteiger partial charge in [0.2, 0.25) is 0 Å². The van der Waals surface area contributed by atoms with Crippen LogP contribution in [0.5, 0.6) is 17.2 Å². The van der Waals surface area contributed by atoms with Gasteiger partial charge in [-0.3, -0.25) is 9.67 Å². The molecule has 142 valence electrons. The van der Waals surface area contributed by atoms with Gasteiger partial charge in [-0.15, -0.1) is 0 Å². The van der Waals surface area contributed by atoms with E-state index in [0.29, 0.717) is 18.1 Å². The summed E-state index contributed by atoms with van der Waals surface area (Å²) in [5.74, 6) is 2.07. The minimum Gasteiger partial charge on any atom is -0.496 e. The molecule has 2 aromatic rings. The summed E-state index contributed by atoms with van der Waals surface area (Å²) < 4.78 is 18.6. The van der Waals surface area contributed by atoms with Gasteiger partial charge in [-0.25, -0.2) is 0 Å². The van der Waals surface area contributed by atoms with E-state index in [1.54, 1.807) is 31.3 Å². The Balaban J connectivity index is 2.07. The third-order valence-electron chi connectivity index (χ3n) is 4.07. The molecule has 26 heavy (non-hydrogen) atoms. The summed E-state index contributed by atoms with van der Waals surface area (Å²) in [4.78, 5) is 4.44. The fourth-order valence-electron chi connectivity index (χ4n) is 2.64. The molecule has 0 N–H and O–H groups in total. The standard InChI is InChI=1S/C20H29N3O3/c1-5-6-7-8-9-10-26-17-11-19(24-3)18(20(12-17)25-4)14-21-16-13-22-23(2)15-16/h11-15H,5-10H2,1-4H3. The molecule has 1 heterocycles. The zero-order valence-electron chi connectivity index (χ0n) is 16.2. The number of rotatable bonds is 11. The Labute approximate surface area is 155 Å². The van der Waals surface area contributed by atoms with Gasteiger partial charge in [-0.2, -0.15) is 5.10 Å². The zero-order valence-corrected chi connectivity index (χ0v) is 16.2. The normalized spacial score (nSPS) is 11.1. The molecular weight excluding hydrogens is 330 g/mol. The van der Waals surface area contributed by atoms with Gasteiger partial charge in [0.1, 0.15) is 22.9 Å². The number of nitrogens with zero attached hydrogens (tertiary/aromatic N) is 3. The van der Waals surface area contributed by atoms with Gasteiger partial charge in [-0.05, 0) is 6.42 Å². The summed E-state index contributed by atoms with van der Waals surface area (Å²) in [6.07, 6.45) is 11.3. The number of unbranched alkanes of at least 4 members (excludes halogenated alkanes) is 4. The topological polar surface area (TPSA) is 57.9 Å². The molecule has 1 aromatic carbocycles. The Hall–Kier alpha value is -2.50. The van der Waals surface area contributed by atoms with Gasteiger partial charge >= 0.3 is 0 Å². The molecule has 0 radical (unpaired) electrons. The van der Waals surface area contributed by atoms with E-state index < -0.39 is 0 Å². The van der Waals surface area contributed by atoms with Gasteiger partial charge in [0, 0.05) is 25.4 Å². The lowest BCUT2D eigenvalue weighted by molar-refractivity contribution is 0.299. The van der Waals surface area contributed by atoms with E-state index in [9.17, 15) is 0 Å². The summed E-state index contributed by atoms with van der Waals surface area (Å²) in [6, 6.07) is 3.75. The van der Waals surface area contributed by atoms with E-state index in [1.165, 1.54) is 25.7 Å². The van der Waals surface area contributed by atoms with Crippen molar-refractivity contribution < 1.29 is 14.2 Å². The Kier molecular flexibility index (Phi) is 7.99. The van der Waals surface area contributed by atoms with Crippen molar-refractivity contribution in [2.75, 3.05) is 20.8 Å². The second-order valence-electron chi connectivity index (χ2n) is 6.13. The van der Waals surface area contributed by atoms with Gasteiger partial charge in [-0.1, -0.05) is 32.6 Å². The SMILES string of the molecule is CCCCCCCOc1cc(OC)c(C=Nc2cnn(C)c2)c(OC)c1. The van der Waals surface area contributed by atoms with E-state index >= 15 is 0 Å². The minimum absolute atomic E-state index is 0.665. The van der Waals surface area contributed by atoms with Gasteiger partial charge in [0.15, 0.2) is 0 Å². The van der Waals surface area contributed by atoms with Gasteiger partial charge in [0.25, 0.3) is 0 Å². The molecule has 0 amide bonds. The number of aliphatic imine (C=N–C) groups is 1. The molecule has 1 aromatic heterocycles.